The van der Waals surface area contributed by atoms with Gasteiger partial charge in [0, 0.05) is 10.3 Å². The van der Waals surface area contributed by atoms with Gasteiger partial charge in [-0.3, -0.25) is 10.1 Å². The molecule has 4 heteroatoms. The van der Waals surface area contributed by atoms with Crippen molar-refractivity contribution in [3.63, 3.8) is 0 Å². The predicted octanol–water partition coefficient (Wildman–Crippen LogP) is 2.82. The average molecular weight is 247 g/mol. The Balaban J connectivity index is 2.88. The van der Waals surface area contributed by atoms with Crippen LogP contribution >= 0.6 is 0 Å². The first-order valence-electron chi connectivity index (χ1n) is 5.77. The number of carbonyl (C=O) groups is 1. The van der Waals surface area contributed by atoms with Crippen LogP contribution in [0.5, 0.6) is 0 Å². The highest BCUT2D eigenvalue weighted by molar-refractivity contribution is 5.60. The standard InChI is InChI=1S/C14H17NO3/c1-14(2,11-16)13(10-15(17)18)9-8-12-6-4-3-5-7-12/h3-9,11,13H,10H2,1-2H3/b9-8+/t13-/m0/s1. The molecule has 0 aliphatic carbocycles. The molecular formula is C14H17NO3. The Bertz CT molecular complexity index is 438. The lowest BCUT2D eigenvalue weighted by molar-refractivity contribution is -0.488. The minimum Gasteiger partial charge on any atom is -0.303 e. The van der Waals surface area contributed by atoms with Crippen LogP contribution in [0.3, 0.4) is 0 Å². The Morgan fingerprint density at radius 1 is 1.33 bits per heavy atom. The first-order valence-corrected chi connectivity index (χ1v) is 5.77. The van der Waals surface area contributed by atoms with Gasteiger partial charge in [-0.15, -0.1) is 0 Å². The molecule has 18 heavy (non-hydrogen) atoms. The lowest BCUT2D eigenvalue weighted by Gasteiger charge is -2.23. The summed E-state index contributed by atoms with van der Waals surface area (Å²) in [6.07, 6.45) is 4.34. The van der Waals surface area contributed by atoms with Crippen molar-refractivity contribution in [1.82, 2.24) is 0 Å². The van der Waals surface area contributed by atoms with Gasteiger partial charge in [-0.25, -0.2) is 0 Å². The SMILES string of the molecule is CC(C)(C=O)[C@@H](/C=C/c1ccccc1)C[N+](=O)[O-]. The molecule has 0 spiro atoms. The molecule has 0 amide bonds. The van der Waals surface area contributed by atoms with E-state index in [0.29, 0.717) is 0 Å². The third-order valence-corrected chi connectivity index (χ3v) is 2.93. The maximum Gasteiger partial charge on any atom is 0.211 e. The highest BCUT2D eigenvalue weighted by atomic mass is 16.6. The second-order valence-electron chi connectivity index (χ2n) is 4.83. The van der Waals surface area contributed by atoms with Crippen molar-refractivity contribution in [2.75, 3.05) is 6.54 Å². The molecule has 1 aromatic rings. The number of benzene rings is 1. The Hall–Kier alpha value is -1.97. The Kier molecular flexibility index (Phi) is 4.77. The summed E-state index contributed by atoms with van der Waals surface area (Å²) >= 11 is 0. The number of nitrogens with zero attached hydrogens (tertiary/aromatic N) is 1. The highest BCUT2D eigenvalue weighted by Gasteiger charge is 2.30. The third-order valence-electron chi connectivity index (χ3n) is 2.93. The van der Waals surface area contributed by atoms with Crippen LogP contribution in [0.2, 0.25) is 0 Å². The van der Waals surface area contributed by atoms with Gasteiger partial charge in [0.05, 0.1) is 5.92 Å². The molecule has 0 N–H and O–H groups in total. The molecule has 0 saturated carbocycles. The van der Waals surface area contributed by atoms with Gasteiger partial charge in [-0.1, -0.05) is 56.3 Å². The largest absolute Gasteiger partial charge is 0.303 e. The fourth-order valence-corrected chi connectivity index (χ4v) is 1.58. The van der Waals surface area contributed by atoms with Gasteiger partial charge in [0.1, 0.15) is 6.29 Å². The predicted molar refractivity (Wildman–Crippen MR) is 70.7 cm³/mol. The molecule has 4 nitrogen and oxygen atoms in total. The Morgan fingerprint density at radius 3 is 2.44 bits per heavy atom. The first-order chi connectivity index (χ1) is 8.45. The van der Waals surface area contributed by atoms with Gasteiger partial charge in [0.2, 0.25) is 6.54 Å². The van der Waals surface area contributed by atoms with Crippen molar-refractivity contribution < 1.29 is 9.72 Å². The topological polar surface area (TPSA) is 60.2 Å². The highest BCUT2D eigenvalue weighted by Crippen LogP contribution is 2.26. The van der Waals surface area contributed by atoms with Crippen LogP contribution in [-0.2, 0) is 4.79 Å². The summed E-state index contributed by atoms with van der Waals surface area (Å²) in [5, 5.41) is 10.6. The van der Waals surface area contributed by atoms with Crippen molar-refractivity contribution in [3.05, 3.63) is 52.1 Å². The summed E-state index contributed by atoms with van der Waals surface area (Å²) in [4.78, 5) is 21.3. The third kappa shape index (κ3) is 4.13. The van der Waals surface area contributed by atoms with Crippen molar-refractivity contribution in [3.8, 4) is 0 Å². The molecule has 0 fully saturated rings. The van der Waals surface area contributed by atoms with E-state index in [9.17, 15) is 14.9 Å². The van der Waals surface area contributed by atoms with Crippen molar-refractivity contribution in [2.24, 2.45) is 11.3 Å². The summed E-state index contributed by atoms with van der Waals surface area (Å²) in [5.74, 6) is -0.412. The Labute approximate surface area is 106 Å². The zero-order valence-corrected chi connectivity index (χ0v) is 10.6. The van der Waals surface area contributed by atoms with Crippen molar-refractivity contribution in [1.29, 1.82) is 0 Å². The van der Waals surface area contributed by atoms with E-state index in [0.717, 1.165) is 11.8 Å². The number of hydrogen-bond donors (Lipinski definition) is 0. The van der Waals surface area contributed by atoms with Gasteiger partial charge in [-0.05, 0) is 5.56 Å². The van der Waals surface area contributed by atoms with Crippen LogP contribution in [0.15, 0.2) is 36.4 Å². The van der Waals surface area contributed by atoms with Gasteiger partial charge in [-0.2, -0.15) is 0 Å². The van der Waals surface area contributed by atoms with E-state index in [4.69, 9.17) is 0 Å². The fraction of sp³-hybridized carbons (Fsp3) is 0.357. The molecule has 0 aliphatic heterocycles. The van der Waals surface area contributed by atoms with E-state index in [1.165, 1.54) is 0 Å². The molecule has 1 rings (SSSR count). The van der Waals surface area contributed by atoms with E-state index in [-0.39, 0.29) is 11.5 Å². The summed E-state index contributed by atoms with van der Waals surface area (Å²) in [6, 6.07) is 9.52. The van der Waals surface area contributed by atoms with E-state index >= 15 is 0 Å². The maximum atomic E-state index is 11.0. The van der Waals surface area contributed by atoms with E-state index in [1.807, 2.05) is 36.4 Å². The Morgan fingerprint density at radius 2 is 1.94 bits per heavy atom. The maximum absolute atomic E-state index is 11.0. The van der Waals surface area contributed by atoms with Crippen LogP contribution in [0.25, 0.3) is 6.08 Å². The van der Waals surface area contributed by atoms with Gasteiger partial charge in [0.25, 0.3) is 0 Å². The van der Waals surface area contributed by atoms with E-state index in [1.54, 1.807) is 19.9 Å². The van der Waals surface area contributed by atoms with Crippen molar-refractivity contribution >= 4 is 12.4 Å². The minimum absolute atomic E-state index is 0.241. The van der Waals surface area contributed by atoms with Crippen LogP contribution in [0.1, 0.15) is 19.4 Å². The zero-order chi connectivity index (χ0) is 13.6. The second-order valence-corrected chi connectivity index (χ2v) is 4.83. The fourth-order valence-electron chi connectivity index (χ4n) is 1.58. The normalized spacial score (nSPS) is 13.4. The lowest BCUT2D eigenvalue weighted by atomic mass is 9.80. The summed E-state index contributed by atoms with van der Waals surface area (Å²) in [6.45, 7) is 3.18. The molecule has 1 atom stereocenters. The molecule has 0 saturated heterocycles. The molecule has 0 bridgehead atoms. The smallest absolute Gasteiger partial charge is 0.211 e. The van der Waals surface area contributed by atoms with E-state index < -0.39 is 11.3 Å². The van der Waals surface area contributed by atoms with Crippen molar-refractivity contribution in [2.45, 2.75) is 13.8 Å². The van der Waals surface area contributed by atoms with Gasteiger partial charge >= 0.3 is 0 Å². The summed E-state index contributed by atoms with van der Waals surface area (Å²) in [5.41, 5.74) is 0.228. The molecular weight excluding hydrogens is 230 g/mol. The number of rotatable bonds is 6. The number of aldehydes is 1. The molecule has 96 valence electrons. The van der Waals surface area contributed by atoms with Crippen LogP contribution in [0, 0.1) is 21.4 Å². The molecule has 0 aromatic heterocycles. The summed E-state index contributed by atoms with van der Waals surface area (Å²) < 4.78 is 0. The van der Waals surface area contributed by atoms with Gasteiger partial charge in [0.15, 0.2) is 0 Å². The monoisotopic (exact) mass is 247 g/mol. The zero-order valence-electron chi connectivity index (χ0n) is 10.6. The second kappa shape index (κ2) is 6.10. The quantitative estimate of drug-likeness (QED) is 0.441. The van der Waals surface area contributed by atoms with Gasteiger partial charge < -0.3 is 4.79 Å². The number of nitro groups is 1. The average Bonchev–Trinajstić information content (AvgIpc) is 2.35. The molecule has 0 aliphatic rings. The molecule has 0 radical (unpaired) electrons. The molecule has 0 heterocycles. The minimum atomic E-state index is -0.738. The summed E-state index contributed by atoms with van der Waals surface area (Å²) in [7, 11) is 0. The van der Waals surface area contributed by atoms with Crippen LogP contribution in [-0.4, -0.2) is 17.8 Å². The lowest BCUT2D eigenvalue weighted by Crippen LogP contribution is -2.30. The van der Waals surface area contributed by atoms with Crippen LogP contribution < -0.4 is 0 Å². The number of hydrogen-bond acceptors (Lipinski definition) is 3. The molecule has 0 unspecified atom stereocenters. The first kappa shape index (κ1) is 14.1. The molecule has 1 aromatic carbocycles. The van der Waals surface area contributed by atoms with E-state index in [2.05, 4.69) is 0 Å². The number of carbonyl (C=O) groups excluding carboxylic acids is 1. The van der Waals surface area contributed by atoms with Crippen LogP contribution in [0.4, 0.5) is 0 Å².